The van der Waals surface area contributed by atoms with Gasteiger partial charge in [-0.05, 0) is 48.5 Å². The van der Waals surface area contributed by atoms with Crippen LogP contribution in [0.25, 0.3) is 0 Å². The van der Waals surface area contributed by atoms with Gasteiger partial charge in [0.25, 0.3) is 0 Å². The number of carbonyl (C=O) groups excluding carboxylic acids is 1. The zero-order valence-electron chi connectivity index (χ0n) is 17.9. The minimum absolute atomic E-state index is 0.111. The maximum absolute atomic E-state index is 13.9. The third-order valence-electron chi connectivity index (χ3n) is 5.50. The van der Waals surface area contributed by atoms with E-state index < -0.39 is 0 Å². The molecule has 0 atom stereocenters. The van der Waals surface area contributed by atoms with E-state index in [0.29, 0.717) is 32.7 Å². The predicted molar refractivity (Wildman–Crippen MR) is 116 cm³/mol. The maximum Gasteiger partial charge on any atom is 0.236 e. The number of ether oxygens (including phenoxy) is 2. The standard InChI is InChI=1S/C23H30FN3O3/c1-4-25(16-18-5-10-22(30-3)21(24)15-18)17-23(28)27-13-11-26(12-14-27)19-6-8-20(29-2)9-7-19/h5-10,15H,4,11-14,16-17H2,1-3H3. The van der Waals surface area contributed by atoms with Gasteiger partial charge < -0.3 is 19.3 Å². The summed E-state index contributed by atoms with van der Waals surface area (Å²) in [5.41, 5.74) is 1.96. The van der Waals surface area contributed by atoms with E-state index in [0.717, 1.165) is 30.1 Å². The van der Waals surface area contributed by atoms with Crippen LogP contribution in [-0.4, -0.2) is 69.2 Å². The van der Waals surface area contributed by atoms with Crippen molar-refractivity contribution in [2.24, 2.45) is 0 Å². The molecule has 0 aliphatic carbocycles. The van der Waals surface area contributed by atoms with Gasteiger partial charge in [-0.25, -0.2) is 4.39 Å². The van der Waals surface area contributed by atoms with Crippen LogP contribution in [0.1, 0.15) is 12.5 Å². The van der Waals surface area contributed by atoms with Gasteiger partial charge in [-0.2, -0.15) is 0 Å². The molecule has 2 aromatic carbocycles. The third kappa shape index (κ3) is 5.42. The normalized spacial score (nSPS) is 14.2. The van der Waals surface area contributed by atoms with Crippen LogP contribution in [0, 0.1) is 5.82 Å². The van der Waals surface area contributed by atoms with Crippen molar-refractivity contribution in [1.29, 1.82) is 0 Å². The van der Waals surface area contributed by atoms with Gasteiger partial charge in [0.05, 0.1) is 20.8 Å². The molecular weight excluding hydrogens is 385 g/mol. The largest absolute Gasteiger partial charge is 0.497 e. The summed E-state index contributed by atoms with van der Waals surface area (Å²) in [6.07, 6.45) is 0. The Balaban J connectivity index is 1.51. The first-order valence-corrected chi connectivity index (χ1v) is 10.3. The van der Waals surface area contributed by atoms with Crippen LogP contribution >= 0.6 is 0 Å². The zero-order valence-corrected chi connectivity index (χ0v) is 17.9. The Morgan fingerprint density at radius 1 is 1.03 bits per heavy atom. The molecule has 0 N–H and O–H groups in total. The highest BCUT2D eigenvalue weighted by molar-refractivity contribution is 5.78. The fourth-order valence-electron chi connectivity index (χ4n) is 3.64. The average molecular weight is 416 g/mol. The molecule has 0 saturated carbocycles. The Bertz CT molecular complexity index is 836. The number of hydrogen-bond donors (Lipinski definition) is 0. The number of likely N-dealkylation sites (N-methyl/N-ethyl adjacent to an activating group) is 1. The Morgan fingerprint density at radius 3 is 2.30 bits per heavy atom. The quantitative estimate of drug-likeness (QED) is 0.663. The van der Waals surface area contributed by atoms with Crippen LogP contribution in [0.5, 0.6) is 11.5 Å². The Kier molecular flexibility index (Phi) is 7.52. The third-order valence-corrected chi connectivity index (χ3v) is 5.50. The number of carbonyl (C=O) groups is 1. The topological polar surface area (TPSA) is 45.3 Å². The van der Waals surface area contributed by atoms with Gasteiger partial charge in [0, 0.05) is 38.4 Å². The van der Waals surface area contributed by atoms with Crippen LogP contribution in [-0.2, 0) is 11.3 Å². The minimum atomic E-state index is -0.382. The van der Waals surface area contributed by atoms with Gasteiger partial charge in [-0.3, -0.25) is 9.69 Å². The molecule has 0 spiro atoms. The second kappa shape index (κ2) is 10.3. The van der Waals surface area contributed by atoms with Crippen molar-refractivity contribution >= 4 is 11.6 Å². The lowest BCUT2D eigenvalue weighted by atomic mass is 10.2. The molecule has 1 aliphatic heterocycles. The number of piperazine rings is 1. The van der Waals surface area contributed by atoms with E-state index >= 15 is 0 Å². The molecule has 30 heavy (non-hydrogen) atoms. The van der Waals surface area contributed by atoms with E-state index in [9.17, 15) is 9.18 Å². The van der Waals surface area contributed by atoms with Crippen LogP contribution in [0.2, 0.25) is 0 Å². The molecule has 7 heteroatoms. The zero-order chi connectivity index (χ0) is 21.5. The van der Waals surface area contributed by atoms with Crippen molar-refractivity contribution in [1.82, 2.24) is 9.80 Å². The van der Waals surface area contributed by atoms with Crippen LogP contribution in [0.4, 0.5) is 10.1 Å². The second-order valence-electron chi connectivity index (χ2n) is 7.34. The van der Waals surface area contributed by atoms with Crippen LogP contribution < -0.4 is 14.4 Å². The lowest BCUT2D eigenvalue weighted by Crippen LogP contribution is -2.51. The predicted octanol–water partition coefficient (Wildman–Crippen LogP) is 3.01. The first kappa shape index (κ1) is 21.9. The smallest absolute Gasteiger partial charge is 0.236 e. The second-order valence-corrected chi connectivity index (χ2v) is 7.34. The Morgan fingerprint density at radius 2 is 1.73 bits per heavy atom. The number of rotatable bonds is 8. The molecule has 0 radical (unpaired) electrons. The summed E-state index contributed by atoms with van der Waals surface area (Å²) in [6.45, 7) is 6.56. The fraction of sp³-hybridized carbons (Fsp3) is 0.435. The summed E-state index contributed by atoms with van der Waals surface area (Å²) < 4.78 is 24.1. The highest BCUT2D eigenvalue weighted by Gasteiger charge is 2.23. The number of halogens is 1. The molecule has 1 amide bonds. The molecule has 0 aromatic heterocycles. The summed E-state index contributed by atoms with van der Waals surface area (Å²) in [7, 11) is 3.10. The first-order chi connectivity index (χ1) is 14.5. The van der Waals surface area contributed by atoms with Crippen molar-refractivity contribution in [2.75, 3.05) is 58.4 Å². The monoisotopic (exact) mass is 415 g/mol. The number of amides is 1. The van der Waals surface area contributed by atoms with Crippen molar-refractivity contribution in [3.05, 3.63) is 53.8 Å². The SMILES string of the molecule is CCN(CC(=O)N1CCN(c2ccc(OC)cc2)CC1)Cc1ccc(OC)c(F)c1. The Labute approximate surface area is 177 Å². The van der Waals surface area contributed by atoms with Gasteiger partial charge >= 0.3 is 0 Å². The Hall–Kier alpha value is -2.80. The summed E-state index contributed by atoms with van der Waals surface area (Å²) >= 11 is 0. The molecule has 1 saturated heterocycles. The summed E-state index contributed by atoms with van der Waals surface area (Å²) in [6, 6.07) is 12.9. The molecule has 1 heterocycles. The summed E-state index contributed by atoms with van der Waals surface area (Å²) in [4.78, 5) is 19.0. The molecule has 1 fully saturated rings. The number of methoxy groups -OCH3 is 2. The van der Waals surface area contributed by atoms with Crippen LogP contribution in [0.15, 0.2) is 42.5 Å². The van der Waals surface area contributed by atoms with Gasteiger partial charge in [-0.15, -0.1) is 0 Å². The average Bonchev–Trinajstić information content (AvgIpc) is 2.79. The summed E-state index contributed by atoms with van der Waals surface area (Å²) in [5, 5.41) is 0. The summed E-state index contributed by atoms with van der Waals surface area (Å²) in [5.74, 6) is 0.795. The highest BCUT2D eigenvalue weighted by atomic mass is 19.1. The molecule has 3 rings (SSSR count). The molecular formula is C23H30FN3O3. The van der Waals surface area contributed by atoms with Crippen molar-refractivity contribution in [3.63, 3.8) is 0 Å². The fourth-order valence-corrected chi connectivity index (χ4v) is 3.64. The number of benzene rings is 2. The lowest BCUT2D eigenvalue weighted by molar-refractivity contribution is -0.132. The van der Waals surface area contributed by atoms with E-state index in [2.05, 4.69) is 4.90 Å². The first-order valence-electron chi connectivity index (χ1n) is 10.3. The number of anilines is 1. The van der Waals surface area contributed by atoms with E-state index in [1.165, 1.54) is 13.2 Å². The van der Waals surface area contributed by atoms with Crippen molar-refractivity contribution in [2.45, 2.75) is 13.5 Å². The van der Waals surface area contributed by atoms with Gasteiger partial charge in [0.1, 0.15) is 5.75 Å². The van der Waals surface area contributed by atoms with Crippen molar-refractivity contribution < 1.29 is 18.7 Å². The van der Waals surface area contributed by atoms with Gasteiger partial charge in [0.2, 0.25) is 5.91 Å². The lowest BCUT2D eigenvalue weighted by Gasteiger charge is -2.37. The number of nitrogens with zero attached hydrogens (tertiary/aromatic N) is 3. The van der Waals surface area contributed by atoms with Gasteiger partial charge in [0.15, 0.2) is 11.6 Å². The number of hydrogen-bond acceptors (Lipinski definition) is 5. The minimum Gasteiger partial charge on any atom is -0.497 e. The maximum atomic E-state index is 13.9. The van der Waals surface area contributed by atoms with E-state index in [-0.39, 0.29) is 17.5 Å². The van der Waals surface area contributed by atoms with E-state index in [1.807, 2.05) is 47.1 Å². The van der Waals surface area contributed by atoms with E-state index in [4.69, 9.17) is 9.47 Å². The van der Waals surface area contributed by atoms with Gasteiger partial charge in [-0.1, -0.05) is 13.0 Å². The molecule has 0 bridgehead atoms. The molecule has 162 valence electrons. The molecule has 0 unspecified atom stereocenters. The van der Waals surface area contributed by atoms with E-state index in [1.54, 1.807) is 13.2 Å². The molecule has 1 aliphatic rings. The highest BCUT2D eigenvalue weighted by Crippen LogP contribution is 2.21. The van der Waals surface area contributed by atoms with Crippen LogP contribution in [0.3, 0.4) is 0 Å². The molecule has 2 aromatic rings. The molecule has 6 nitrogen and oxygen atoms in total. The van der Waals surface area contributed by atoms with Crippen molar-refractivity contribution in [3.8, 4) is 11.5 Å².